The maximum atomic E-state index is 12.7. The number of benzene rings is 1. The molecule has 2 N–H and O–H groups in total. The van der Waals surface area contributed by atoms with Gasteiger partial charge in [-0.3, -0.25) is 9.48 Å². The van der Waals surface area contributed by atoms with Crippen molar-refractivity contribution in [3.05, 3.63) is 53.5 Å². The van der Waals surface area contributed by atoms with Crippen molar-refractivity contribution >= 4 is 16.9 Å². The third kappa shape index (κ3) is 2.30. The van der Waals surface area contributed by atoms with Crippen LogP contribution in [0, 0.1) is 13.8 Å². The summed E-state index contributed by atoms with van der Waals surface area (Å²) in [6.45, 7) is 4.03. The van der Waals surface area contributed by atoms with Crippen LogP contribution >= 0.6 is 0 Å². The van der Waals surface area contributed by atoms with E-state index in [1.54, 1.807) is 23.1 Å². The lowest BCUT2D eigenvalue weighted by Gasteiger charge is -2.41. The number of carbonyl (C=O) groups excluding carboxylic acids is 1. The zero-order valence-electron chi connectivity index (χ0n) is 13.6. The first-order valence-electron chi connectivity index (χ1n) is 8.01. The Labute approximate surface area is 139 Å². The van der Waals surface area contributed by atoms with Crippen LogP contribution < -0.4 is 5.32 Å². The molecule has 2 aromatic heterocycles. The van der Waals surface area contributed by atoms with Crippen LogP contribution in [0.5, 0.6) is 0 Å². The molecule has 0 spiro atoms. The van der Waals surface area contributed by atoms with Crippen molar-refractivity contribution in [2.45, 2.75) is 38.5 Å². The Morgan fingerprint density at radius 2 is 2.17 bits per heavy atom. The summed E-state index contributed by atoms with van der Waals surface area (Å²) in [5, 5.41) is 18.0. The second kappa shape index (κ2) is 5.49. The number of aryl methyl sites for hydroxylation is 2. The Hall–Kier alpha value is -2.60. The first-order chi connectivity index (χ1) is 11.5. The number of nitrogens with zero attached hydrogens (tertiary/aromatic N) is 2. The van der Waals surface area contributed by atoms with E-state index in [4.69, 9.17) is 4.42 Å². The van der Waals surface area contributed by atoms with Gasteiger partial charge in [-0.05, 0) is 49.6 Å². The smallest absolute Gasteiger partial charge is 0.255 e. The molecule has 1 fully saturated rings. The van der Waals surface area contributed by atoms with Gasteiger partial charge in [-0.25, -0.2) is 0 Å². The number of amides is 1. The van der Waals surface area contributed by atoms with Gasteiger partial charge in [0.1, 0.15) is 11.8 Å². The van der Waals surface area contributed by atoms with E-state index in [0.717, 1.165) is 16.5 Å². The topological polar surface area (TPSA) is 80.3 Å². The fraction of sp³-hybridized carbons (Fsp3) is 0.333. The van der Waals surface area contributed by atoms with E-state index < -0.39 is 6.10 Å². The number of furan rings is 1. The zero-order chi connectivity index (χ0) is 16.8. The summed E-state index contributed by atoms with van der Waals surface area (Å²) in [6.07, 6.45) is 4.98. The van der Waals surface area contributed by atoms with Crippen molar-refractivity contribution in [1.29, 1.82) is 0 Å². The molecule has 2 heterocycles. The van der Waals surface area contributed by atoms with Gasteiger partial charge in [0.2, 0.25) is 0 Å². The molecule has 0 bridgehead atoms. The van der Waals surface area contributed by atoms with Crippen LogP contribution in [0.25, 0.3) is 11.0 Å². The van der Waals surface area contributed by atoms with Crippen LogP contribution in [0.15, 0.2) is 41.3 Å². The standard InChI is InChI=1S/C18H19N3O3/c1-10-6-12-13(9-24-16(12)7-11(10)2)18(23)20-14-8-15(22)17(14)21-5-3-4-19-21/h3-7,9,14-15,17,22H,8H2,1-2H3,(H,20,23)/t14-,15+,17+/m0/s1. The third-order valence-corrected chi connectivity index (χ3v) is 4.88. The average molecular weight is 325 g/mol. The molecule has 0 aliphatic heterocycles. The molecule has 24 heavy (non-hydrogen) atoms. The van der Waals surface area contributed by atoms with E-state index in [0.29, 0.717) is 17.6 Å². The number of hydrogen-bond donors (Lipinski definition) is 2. The minimum Gasteiger partial charge on any atom is -0.463 e. The van der Waals surface area contributed by atoms with Crippen LogP contribution in [-0.2, 0) is 0 Å². The van der Waals surface area contributed by atoms with Crippen molar-refractivity contribution < 1.29 is 14.3 Å². The zero-order valence-corrected chi connectivity index (χ0v) is 13.6. The summed E-state index contributed by atoms with van der Waals surface area (Å²) in [7, 11) is 0. The number of aliphatic hydroxyl groups is 1. The van der Waals surface area contributed by atoms with Crippen LogP contribution in [0.4, 0.5) is 0 Å². The Morgan fingerprint density at radius 3 is 2.88 bits per heavy atom. The van der Waals surface area contributed by atoms with E-state index in [1.807, 2.05) is 26.0 Å². The summed E-state index contributed by atoms with van der Waals surface area (Å²) in [5.74, 6) is -0.189. The van der Waals surface area contributed by atoms with E-state index in [9.17, 15) is 9.90 Å². The Morgan fingerprint density at radius 1 is 1.38 bits per heavy atom. The van der Waals surface area contributed by atoms with Gasteiger partial charge in [0, 0.05) is 17.8 Å². The Balaban J connectivity index is 1.58. The first-order valence-corrected chi connectivity index (χ1v) is 8.01. The minimum absolute atomic E-state index is 0.149. The number of rotatable bonds is 3. The second-order valence-corrected chi connectivity index (χ2v) is 6.44. The molecule has 0 saturated heterocycles. The van der Waals surface area contributed by atoms with E-state index in [2.05, 4.69) is 10.4 Å². The van der Waals surface area contributed by atoms with Crippen LogP contribution in [0.1, 0.15) is 33.9 Å². The van der Waals surface area contributed by atoms with E-state index >= 15 is 0 Å². The van der Waals surface area contributed by atoms with Crippen molar-refractivity contribution in [1.82, 2.24) is 15.1 Å². The van der Waals surface area contributed by atoms with Crippen molar-refractivity contribution in [3.63, 3.8) is 0 Å². The molecule has 3 aromatic rings. The number of fused-ring (bicyclic) bond motifs is 1. The van der Waals surface area contributed by atoms with Crippen molar-refractivity contribution in [2.75, 3.05) is 0 Å². The molecule has 124 valence electrons. The fourth-order valence-corrected chi connectivity index (χ4v) is 3.28. The molecule has 0 unspecified atom stereocenters. The molecular formula is C18H19N3O3. The number of nitrogens with one attached hydrogen (secondary N) is 1. The molecule has 1 aliphatic rings. The summed E-state index contributed by atoms with van der Waals surface area (Å²) < 4.78 is 7.23. The van der Waals surface area contributed by atoms with Crippen LogP contribution in [0.3, 0.4) is 0 Å². The predicted octanol–water partition coefficient (Wildman–Crippen LogP) is 2.35. The minimum atomic E-state index is -0.499. The van der Waals surface area contributed by atoms with Gasteiger partial charge in [-0.2, -0.15) is 5.10 Å². The highest BCUT2D eigenvalue weighted by molar-refractivity contribution is 6.06. The van der Waals surface area contributed by atoms with Gasteiger partial charge in [0.05, 0.1) is 23.8 Å². The normalized spacial score (nSPS) is 23.2. The van der Waals surface area contributed by atoms with Crippen molar-refractivity contribution in [2.24, 2.45) is 0 Å². The molecule has 0 radical (unpaired) electrons. The third-order valence-electron chi connectivity index (χ3n) is 4.88. The number of aliphatic hydroxyl groups excluding tert-OH is 1. The molecule has 1 aliphatic carbocycles. The van der Waals surface area contributed by atoms with E-state index in [1.165, 1.54) is 6.26 Å². The predicted molar refractivity (Wildman–Crippen MR) is 88.8 cm³/mol. The molecule has 1 saturated carbocycles. The van der Waals surface area contributed by atoms with Gasteiger partial charge in [-0.1, -0.05) is 0 Å². The SMILES string of the molecule is Cc1cc2occ(C(=O)N[C@H]3C[C@@H](O)[C@@H]3n3cccn3)c2cc1C. The summed E-state index contributed by atoms with van der Waals surface area (Å²) in [5.41, 5.74) is 3.48. The quantitative estimate of drug-likeness (QED) is 0.774. The number of aromatic nitrogens is 2. The monoisotopic (exact) mass is 325 g/mol. The second-order valence-electron chi connectivity index (χ2n) is 6.44. The van der Waals surface area contributed by atoms with Crippen LogP contribution in [-0.4, -0.2) is 32.9 Å². The molecule has 6 nitrogen and oxygen atoms in total. The fourth-order valence-electron chi connectivity index (χ4n) is 3.28. The molecule has 1 amide bonds. The molecule has 3 atom stereocenters. The Kier molecular flexibility index (Phi) is 3.42. The lowest BCUT2D eigenvalue weighted by Crippen LogP contribution is -2.56. The molecular weight excluding hydrogens is 306 g/mol. The molecule has 4 rings (SSSR count). The average Bonchev–Trinajstić information content (AvgIpc) is 3.17. The van der Waals surface area contributed by atoms with E-state index in [-0.39, 0.29) is 18.0 Å². The Bertz CT molecular complexity index is 898. The van der Waals surface area contributed by atoms with Gasteiger partial charge < -0.3 is 14.8 Å². The maximum absolute atomic E-state index is 12.7. The van der Waals surface area contributed by atoms with Gasteiger partial charge in [0.15, 0.2) is 0 Å². The lowest BCUT2D eigenvalue weighted by molar-refractivity contribution is -0.00586. The molecule has 6 heteroatoms. The summed E-state index contributed by atoms with van der Waals surface area (Å²) in [6, 6.07) is 5.35. The largest absolute Gasteiger partial charge is 0.463 e. The number of carbonyl (C=O) groups is 1. The van der Waals surface area contributed by atoms with Gasteiger partial charge in [0.25, 0.3) is 5.91 Å². The van der Waals surface area contributed by atoms with Gasteiger partial charge in [-0.15, -0.1) is 0 Å². The first kappa shape index (κ1) is 15.0. The highest BCUT2D eigenvalue weighted by Gasteiger charge is 2.42. The van der Waals surface area contributed by atoms with Crippen molar-refractivity contribution in [3.8, 4) is 0 Å². The lowest BCUT2D eigenvalue weighted by atomic mass is 9.83. The highest BCUT2D eigenvalue weighted by Crippen LogP contribution is 2.33. The van der Waals surface area contributed by atoms with Crippen LogP contribution in [0.2, 0.25) is 0 Å². The molecule has 1 aromatic carbocycles. The highest BCUT2D eigenvalue weighted by atomic mass is 16.3. The summed E-state index contributed by atoms with van der Waals surface area (Å²) in [4.78, 5) is 12.7. The van der Waals surface area contributed by atoms with Gasteiger partial charge >= 0.3 is 0 Å². The summed E-state index contributed by atoms with van der Waals surface area (Å²) >= 11 is 0. The number of hydrogen-bond acceptors (Lipinski definition) is 4. The maximum Gasteiger partial charge on any atom is 0.255 e.